The summed E-state index contributed by atoms with van der Waals surface area (Å²) in [6, 6.07) is 16.8. The van der Waals surface area contributed by atoms with Crippen molar-refractivity contribution >= 4 is 33.7 Å². The summed E-state index contributed by atoms with van der Waals surface area (Å²) >= 11 is 0. The number of carbonyl (C=O) groups is 2. The minimum atomic E-state index is -0.870. The summed E-state index contributed by atoms with van der Waals surface area (Å²) in [4.78, 5) is 26.1. The van der Waals surface area contributed by atoms with Crippen LogP contribution in [-0.2, 0) is 9.59 Å². The molecule has 0 spiro atoms. The van der Waals surface area contributed by atoms with Gasteiger partial charge in [0.1, 0.15) is 0 Å². The highest BCUT2D eigenvalue weighted by molar-refractivity contribution is 5.80. The Morgan fingerprint density at radius 1 is 0.735 bits per heavy atom. The van der Waals surface area contributed by atoms with Gasteiger partial charge in [-0.1, -0.05) is 12.1 Å². The van der Waals surface area contributed by atoms with Crippen LogP contribution in [0.5, 0.6) is 0 Å². The van der Waals surface area contributed by atoms with Crippen LogP contribution in [0.2, 0.25) is 0 Å². The lowest BCUT2D eigenvalue weighted by Gasteiger charge is -2.04. The second-order valence-corrected chi connectivity index (χ2v) is 8.22. The molecule has 0 bridgehead atoms. The number of nitrogens with one attached hydrogen (secondary N) is 2. The van der Waals surface area contributed by atoms with Crippen molar-refractivity contribution in [2.24, 2.45) is 11.5 Å². The van der Waals surface area contributed by atoms with E-state index in [4.69, 9.17) is 21.7 Å². The van der Waals surface area contributed by atoms with Gasteiger partial charge in [0.25, 0.3) is 0 Å². The van der Waals surface area contributed by atoms with Gasteiger partial charge in [0.05, 0.1) is 0 Å². The SMILES string of the molecule is CC(N)c1ccc2[nH]ccc2c1.CC(N)c1ccc2[nH]ccc2c1.O=C(O)CCCCC(=O)O. The third kappa shape index (κ3) is 8.73. The molecule has 2 aromatic heterocycles. The number of carboxylic acids is 2. The number of carboxylic acid groups (broad SMARTS) is 2. The van der Waals surface area contributed by atoms with E-state index in [0.29, 0.717) is 12.8 Å². The van der Waals surface area contributed by atoms with Crippen LogP contribution in [0.1, 0.15) is 62.7 Å². The monoisotopic (exact) mass is 466 g/mol. The average molecular weight is 467 g/mol. The number of H-pyrrole nitrogens is 2. The second kappa shape index (κ2) is 13.2. The number of hydrogen-bond donors (Lipinski definition) is 6. The second-order valence-electron chi connectivity index (χ2n) is 8.22. The maximum atomic E-state index is 9.90. The van der Waals surface area contributed by atoms with Gasteiger partial charge in [-0.3, -0.25) is 9.59 Å². The van der Waals surface area contributed by atoms with Crippen LogP contribution in [0.4, 0.5) is 0 Å². The first-order chi connectivity index (χ1) is 16.2. The third-order valence-corrected chi connectivity index (χ3v) is 5.24. The summed E-state index contributed by atoms with van der Waals surface area (Å²) in [7, 11) is 0. The number of aromatic nitrogens is 2. The van der Waals surface area contributed by atoms with Crippen molar-refractivity contribution in [3.8, 4) is 0 Å². The topological polar surface area (TPSA) is 158 Å². The van der Waals surface area contributed by atoms with Gasteiger partial charge in [-0.2, -0.15) is 0 Å². The van der Waals surface area contributed by atoms with Crippen molar-refractivity contribution < 1.29 is 19.8 Å². The molecule has 0 aliphatic carbocycles. The molecule has 0 radical (unpaired) electrons. The first-order valence-corrected chi connectivity index (χ1v) is 11.3. The molecule has 4 rings (SSSR count). The first-order valence-electron chi connectivity index (χ1n) is 11.3. The smallest absolute Gasteiger partial charge is 0.303 e. The first kappa shape index (κ1) is 26.6. The van der Waals surface area contributed by atoms with Crippen LogP contribution in [0.25, 0.3) is 21.8 Å². The molecule has 4 aromatic rings. The van der Waals surface area contributed by atoms with Gasteiger partial charge >= 0.3 is 11.9 Å². The number of rotatable bonds is 7. The summed E-state index contributed by atoms with van der Waals surface area (Å²) in [6.45, 7) is 3.99. The Labute approximate surface area is 199 Å². The largest absolute Gasteiger partial charge is 0.481 e. The molecule has 182 valence electrons. The number of hydrogen-bond acceptors (Lipinski definition) is 4. The van der Waals surface area contributed by atoms with Gasteiger partial charge in [0, 0.05) is 48.4 Å². The van der Waals surface area contributed by atoms with Crippen LogP contribution >= 0.6 is 0 Å². The van der Waals surface area contributed by atoms with E-state index in [2.05, 4.69) is 58.5 Å². The summed E-state index contributed by atoms with van der Waals surface area (Å²) in [5, 5.41) is 18.7. The van der Waals surface area contributed by atoms with E-state index in [-0.39, 0.29) is 24.9 Å². The summed E-state index contributed by atoms with van der Waals surface area (Å²) < 4.78 is 0. The zero-order valence-electron chi connectivity index (χ0n) is 19.6. The van der Waals surface area contributed by atoms with Gasteiger partial charge in [-0.25, -0.2) is 0 Å². The molecule has 0 aliphatic rings. The highest BCUT2D eigenvalue weighted by Gasteiger charge is 2.01. The van der Waals surface area contributed by atoms with Gasteiger partial charge in [-0.15, -0.1) is 0 Å². The van der Waals surface area contributed by atoms with Crippen molar-refractivity contribution in [3.63, 3.8) is 0 Å². The number of benzene rings is 2. The molecule has 34 heavy (non-hydrogen) atoms. The van der Waals surface area contributed by atoms with Gasteiger partial charge < -0.3 is 31.6 Å². The van der Waals surface area contributed by atoms with E-state index in [0.717, 1.165) is 0 Å². The minimum absolute atomic E-state index is 0.0628. The lowest BCUT2D eigenvalue weighted by Crippen LogP contribution is -2.04. The maximum absolute atomic E-state index is 9.90. The van der Waals surface area contributed by atoms with E-state index in [9.17, 15) is 9.59 Å². The van der Waals surface area contributed by atoms with Gasteiger partial charge in [-0.05, 0) is 85.0 Å². The number of aliphatic carboxylic acids is 2. The van der Waals surface area contributed by atoms with Crippen molar-refractivity contribution in [3.05, 3.63) is 72.1 Å². The quantitative estimate of drug-likeness (QED) is 0.208. The Morgan fingerprint density at radius 2 is 1.12 bits per heavy atom. The lowest BCUT2D eigenvalue weighted by molar-refractivity contribution is -0.139. The fraction of sp³-hybridized carbons (Fsp3) is 0.308. The third-order valence-electron chi connectivity index (χ3n) is 5.24. The van der Waals surface area contributed by atoms with E-state index >= 15 is 0 Å². The Morgan fingerprint density at radius 3 is 1.44 bits per heavy atom. The molecule has 0 fully saturated rings. The normalized spacial score (nSPS) is 12.2. The van der Waals surface area contributed by atoms with Crippen LogP contribution in [0, 0.1) is 0 Å². The maximum Gasteiger partial charge on any atom is 0.303 e. The molecule has 2 unspecified atom stereocenters. The molecular formula is C26H34N4O4. The Balaban J connectivity index is 0.000000182. The molecular weight excluding hydrogens is 432 g/mol. The fourth-order valence-corrected chi connectivity index (χ4v) is 3.26. The predicted molar refractivity (Wildman–Crippen MR) is 136 cm³/mol. The Bertz CT molecular complexity index is 1100. The molecule has 0 amide bonds. The average Bonchev–Trinajstić information content (AvgIpc) is 3.45. The van der Waals surface area contributed by atoms with Crippen molar-refractivity contribution in [1.29, 1.82) is 0 Å². The van der Waals surface area contributed by atoms with Gasteiger partial charge in [0.15, 0.2) is 0 Å². The zero-order valence-corrected chi connectivity index (χ0v) is 19.6. The zero-order chi connectivity index (χ0) is 25.1. The molecule has 8 heteroatoms. The molecule has 8 nitrogen and oxygen atoms in total. The van der Waals surface area contributed by atoms with Crippen LogP contribution in [-0.4, -0.2) is 32.1 Å². The summed E-state index contributed by atoms with van der Waals surface area (Å²) in [5.74, 6) is -1.74. The van der Waals surface area contributed by atoms with Crippen LogP contribution < -0.4 is 11.5 Å². The molecule has 2 aromatic carbocycles. The number of fused-ring (bicyclic) bond motifs is 2. The molecule has 0 aliphatic heterocycles. The highest BCUT2D eigenvalue weighted by Crippen LogP contribution is 2.18. The van der Waals surface area contributed by atoms with Crippen LogP contribution in [0.15, 0.2) is 60.9 Å². The summed E-state index contributed by atoms with van der Waals surface area (Å²) in [5.41, 5.74) is 16.2. The van der Waals surface area contributed by atoms with E-state index in [1.54, 1.807) is 0 Å². The molecule has 0 saturated heterocycles. The number of nitrogens with two attached hydrogens (primary N) is 2. The van der Waals surface area contributed by atoms with Crippen molar-refractivity contribution in [2.45, 2.75) is 51.6 Å². The molecule has 0 saturated carbocycles. The predicted octanol–water partition coefficient (Wildman–Crippen LogP) is 5.09. The number of unbranched alkanes of at least 4 members (excludes halogenated alkanes) is 1. The van der Waals surface area contributed by atoms with Crippen molar-refractivity contribution in [2.75, 3.05) is 0 Å². The highest BCUT2D eigenvalue weighted by atomic mass is 16.4. The molecule has 8 N–H and O–H groups in total. The number of aromatic amines is 2. The van der Waals surface area contributed by atoms with E-state index < -0.39 is 11.9 Å². The van der Waals surface area contributed by atoms with Gasteiger partial charge in [0.2, 0.25) is 0 Å². The van der Waals surface area contributed by atoms with E-state index in [1.807, 2.05) is 26.2 Å². The standard InChI is InChI=1S/2C10H12N2.C6H10O4/c2*1-7(11)8-2-3-10-9(6-8)4-5-12-10;7-5(8)3-1-2-4-6(9)10/h2*2-7,12H,11H2,1H3;1-4H2,(H,7,8)(H,9,10). The molecule has 2 atom stereocenters. The van der Waals surface area contributed by atoms with Crippen LogP contribution in [0.3, 0.4) is 0 Å². The lowest BCUT2D eigenvalue weighted by atomic mass is 10.1. The summed E-state index contributed by atoms with van der Waals surface area (Å²) in [6.07, 6.45) is 4.90. The van der Waals surface area contributed by atoms with E-state index in [1.165, 1.54) is 32.9 Å². The minimum Gasteiger partial charge on any atom is -0.481 e. The Kier molecular flexibility index (Phi) is 10.3. The van der Waals surface area contributed by atoms with Crippen molar-refractivity contribution in [1.82, 2.24) is 9.97 Å². The fourth-order valence-electron chi connectivity index (χ4n) is 3.26. The Hall–Kier alpha value is -3.62. The molecule has 2 heterocycles.